The predicted octanol–water partition coefficient (Wildman–Crippen LogP) is 2.88. The van der Waals surface area contributed by atoms with Crippen molar-refractivity contribution in [3.05, 3.63) is 11.3 Å². The summed E-state index contributed by atoms with van der Waals surface area (Å²) < 4.78 is 16.2. The Morgan fingerprint density at radius 1 is 1.10 bits per heavy atom. The van der Waals surface area contributed by atoms with E-state index in [2.05, 4.69) is 15.3 Å². The van der Waals surface area contributed by atoms with E-state index in [0.29, 0.717) is 34.6 Å². The molecule has 1 aromatic heterocycles. The molecule has 7 heteroatoms. The molecule has 0 spiro atoms. The van der Waals surface area contributed by atoms with Crippen molar-refractivity contribution in [1.82, 2.24) is 9.97 Å². The largest absolute Gasteiger partial charge is 0.493 e. The van der Waals surface area contributed by atoms with Gasteiger partial charge in [-0.05, 0) is 30.5 Å². The molecule has 3 rings (SSSR count). The standard InChI is InChI=1S/C14H16ClN3O3/c1-19-9-6-8-10(12(21-3)11(9)20-2)17-14(15)18-13(8)16-7-4-5-7/h6-7H,4-5H2,1-3H3,(H,16,17,18). The van der Waals surface area contributed by atoms with Crippen LogP contribution in [0.2, 0.25) is 5.28 Å². The highest BCUT2D eigenvalue weighted by molar-refractivity contribution is 6.29. The topological polar surface area (TPSA) is 65.5 Å². The zero-order valence-electron chi connectivity index (χ0n) is 12.1. The third-order valence-corrected chi connectivity index (χ3v) is 3.55. The molecule has 0 saturated heterocycles. The molecule has 6 nitrogen and oxygen atoms in total. The van der Waals surface area contributed by atoms with E-state index in [1.165, 1.54) is 0 Å². The molecule has 1 aliphatic rings. The van der Waals surface area contributed by atoms with Crippen LogP contribution in [0.15, 0.2) is 6.07 Å². The first kappa shape index (κ1) is 14.0. The quantitative estimate of drug-likeness (QED) is 0.857. The van der Waals surface area contributed by atoms with E-state index in [-0.39, 0.29) is 5.28 Å². The number of rotatable bonds is 5. The van der Waals surface area contributed by atoms with Crippen LogP contribution in [0.25, 0.3) is 10.9 Å². The zero-order chi connectivity index (χ0) is 15.0. The summed E-state index contributed by atoms with van der Waals surface area (Å²) in [7, 11) is 4.69. The molecule has 1 heterocycles. The lowest BCUT2D eigenvalue weighted by Gasteiger charge is -2.16. The van der Waals surface area contributed by atoms with Gasteiger partial charge < -0.3 is 19.5 Å². The Labute approximate surface area is 127 Å². The number of methoxy groups -OCH3 is 3. The predicted molar refractivity (Wildman–Crippen MR) is 80.8 cm³/mol. The summed E-state index contributed by atoms with van der Waals surface area (Å²) in [5.41, 5.74) is 0.596. The monoisotopic (exact) mass is 309 g/mol. The number of fused-ring (bicyclic) bond motifs is 1. The van der Waals surface area contributed by atoms with Gasteiger partial charge in [-0.2, -0.15) is 0 Å². The van der Waals surface area contributed by atoms with E-state index in [4.69, 9.17) is 25.8 Å². The Morgan fingerprint density at radius 2 is 1.81 bits per heavy atom. The van der Waals surface area contributed by atoms with Gasteiger partial charge in [-0.3, -0.25) is 0 Å². The zero-order valence-corrected chi connectivity index (χ0v) is 12.8. The SMILES string of the molecule is COc1cc2c(NC3CC3)nc(Cl)nc2c(OC)c1OC. The number of nitrogens with zero attached hydrogens (tertiary/aromatic N) is 2. The van der Waals surface area contributed by atoms with Crippen molar-refractivity contribution >= 4 is 28.3 Å². The molecule has 0 aliphatic heterocycles. The van der Waals surface area contributed by atoms with Gasteiger partial charge in [0.25, 0.3) is 0 Å². The molecule has 0 atom stereocenters. The van der Waals surface area contributed by atoms with Gasteiger partial charge in [0.2, 0.25) is 11.0 Å². The highest BCUT2D eigenvalue weighted by Crippen LogP contribution is 2.44. The van der Waals surface area contributed by atoms with Gasteiger partial charge >= 0.3 is 0 Å². The number of ether oxygens (including phenoxy) is 3. The fourth-order valence-corrected chi connectivity index (χ4v) is 2.40. The van der Waals surface area contributed by atoms with Gasteiger partial charge in [0.1, 0.15) is 11.3 Å². The number of aromatic nitrogens is 2. The number of hydrogen-bond donors (Lipinski definition) is 1. The van der Waals surface area contributed by atoms with Gasteiger partial charge in [0.15, 0.2) is 11.5 Å². The summed E-state index contributed by atoms with van der Waals surface area (Å²) in [4.78, 5) is 8.55. The van der Waals surface area contributed by atoms with Crippen molar-refractivity contribution in [2.45, 2.75) is 18.9 Å². The lowest BCUT2D eigenvalue weighted by Crippen LogP contribution is -2.06. The number of hydrogen-bond acceptors (Lipinski definition) is 6. The summed E-state index contributed by atoms with van der Waals surface area (Å²) in [5, 5.41) is 4.31. The van der Waals surface area contributed by atoms with Crippen molar-refractivity contribution in [2.75, 3.05) is 26.6 Å². The molecule has 1 fully saturated rings. The van der Waals surface area contributed by atoms with Crippen LogP contribution in [0.3, 0.4) is 0 Å². The van der Waals surface area contributed by atoms with Crippen LogP contribution >= 0.6 is 11.6 Å². The third-order valence-electron chi connectivity index (χ3n) is 3.39. The van der Waals surface area contributed by atoms with E-state index < -0.39 is 0 Å². The second kappa shape index (κ2) is 5.44. The van der Waals surface area contributed by atoms with Crippen LogP contribution in [-0.4, -0.2) is 37.3 Å². The van der Waals surface area contributed by atoms with Crippen LogP contribution in [-0.2, 0) is 0 Å². The highest BCUT2D eigenvalue weighted by Gasteiger charge is 2.25. The normalized spacial score (nSPS) is 14.1. The molecule has 1 N–H and O–H groups in total. The number of benzene rings is 1. The van der Waals surface area contributed by atoms with E-state index in [1.54, 1.807) is 21.3 Å². The average molecular weight is 310 g/mol. The molecule has 0 amide bonds. The van der Waals surface area contributed by atoms with Crippen LogP contribution in [0.4, 0.5) is 5.82 Å². The Kier molecular flexibility index (Phi) is 3.63. The van der Waals surface area contributed by atoms with E-state index in [0.717, 1.165) is 18.2 Å². The van der Waals surface area contributed by atoms with Gasteiger partial charge in [-0.1, -0.05) is 0 Å². The first-order valence-electron chi connectivity index (χ1n) is 6.60. The van der Waals surface area contributed by atoms with Gasteiger partial charge in [0, 0.05) is 6.04 Å². The minimum Gasteiger partial charge on any atom is -0.493 e. The molecule has 112 valence electrons. The minimum absolute atomic E-state index is 0.163. The molecule has 0 unspecified atom stereocenters. The second-order valence-corrected chi connectivity index (χ2v) is 5.14. The molecule has 21 heavy (non-hydrogen) atoms. The van der Waals surface area contributed by atoms with Crippen LogP contribution in [0.1, 0.15) is 12.8 Å². The molecule has 1 saturated carbocycles. The van der Waals surface area contributed by atoms with Crippen molar-refractivity contribution in [1.29, 1.82) is 0 Å². The van der Waals surface area contributed by atoms with Crippen LogP contribution < -0.4 is 19.5 Å². The Hall–Kier alpha value is -1.95. The third kappa shape index (κ3) is 2.51. The fraction of sp³-hybridized carbons (Fsp3) is 0.429. The van der Waals surface area contributed by atoms with Crippen molar-refractivity contribution in [3.63, 3.8) is 0 Å². The molecular formula is C14H16ClN3O3. The van der Waals surface area contributed by atoms with Gasteiger partial charge in [-0.15, -0.1) is 0 Å². The minimum atomic E-state index is 0.163. The molecule has 0 radical (unpaired) electrons. The first-order valence-corrected chi connectivity index (χ1v) is 6.98. The van der Waals surface area contributed by atoms with Crippen molar-refractivity contribution in [3.8, 4) is 17.2 Å². The first-order chi connectivity index (χ1) is 10.2. The second-order valence-electron chi connectivity index (χ2n) is 4.80. The summed E-state index contributed by atoms with van der Waals surface area (Å²) in [6.07, 6.45) is 2.26. The molecule has 1 aromatic carbocycles. The Balaban J connectivity index is 2.28. The lowest BCUT2D eigenvalue weighted by atomic mass is 10.2. The maximum absolute atomic E-state index is 6.04. The van der Waals surface area contributed by atoms with Gasteiger partial charge in [-0.25, -0.2) is 9.97 Å². The van der Waals surface area contributed by atoms with Crippen molar-refractivity contribution in [2.24, 2.45) is 0 Å². The number of anilines is 1. The molecule has 1 aliphatic carbocycles. The highest BCUT2D eigenvalue weighted by atomic mass is 35.5. The van der Waals surface area contributed by atoms with Crippen LogP contribution in [0.5, 0.6) is 17.2 Å². The fourth-order valence-electron chi connectivity index (χ4n) is 2.23. The van der Waals surface area contributed by atoms with Crippen LogP contribution in [0, 0.1) is 0 Å². The Morgan fingerprint density at radius 3 is 2.38 bits per heavy atom. The van der Waals surface area contributed by atoms with E-state index in [1.807, 2.05) is 6.07 Å². The molecular weight excluding hydrogens is 294 g/mol. The maximum Gasteiger partial charge on any atom is 0.225 e. The number of halogens is 1. The summed E-state index contributed by atoms with van der Waals surface area (Å²) in [5.74, 6) is 2.22. The lowest BCUT2D eigenvalue weighted by molar-refractivity contribution is 0.327. The van der Waals surface area contributed by atoms with Crippen molar-refractivity contribution < 1.29 is 14.2 Å². The molecule has 0 bridgehead atoms. The van der Waals surface area contributed by atoms with E-state index >= 15 is 0 Å². The number of nitrogens with one attached hydrogen (secondary N) is 1. The average Bonchev–Trinajstić information content (AvgIpc) is 3.29. The van der Waals surface area contributed by atoms with Gasteiger partial charge in [0.05, 0.1) is 26.7 Å². The summed E-state index contributed by atoms with van der Waals surface area (Å²) >= 11 is 6.04. The maximum atomic E-state index is 6.04. The summed E-state index contributed by atoms with van der Waals surface area (Å²) in [6, 6.07) is 2.27. The smallest absolute Gasteiger partial charge is 0.225 e. The van der Waals surface area contributed by atoms with E-state index in [9.17, 15) is 0 Å². The Bertz CT molecular complexity index is 689. The molecule has 2 aromatic rings. The summed E-state index contributed by atoms with van der Waals surface area (Å²) in [6.45, 7) is 0.